The molecule has 1 N–H and O–H groups in total. The summed E-state index contributed by atoms with van der Waals surface area (Å²) in [5.41, 5.74) is 0.965. The van der Waals surface area contributed by atoms with Crippen LogP contribution in [0.3, 0.4) is 0 Å². The fourth-order valence-corrected chi connectivity index (χ4v) is 5.37. The third-order valence-electron chi connectivity index (χ3n) is 6.43. The molecule has 40 heavy (non-hydrogen) atoms. The number of carbonyl (C=O) groups is 2. The molecule has 3 aromatic carbocycles. The van der Waals surface area contributed by atoms with E-state index >= 15 is 0 Å². The van der Waals surface area contributed by atoms with Gasteiger partial charge in [-0.2, -0.15) is 0 Å². The first-order valence-corrected chi connectivity index (χ1v) is 15.3. The van der Waals surface area contributed by atoms with Crippen molar-refractivity contribution < 1.29 is 22.4 Å². The molecule has 0 aliphatic rings. The number of hydrogen-bond acceptors (Lipinski definition) is 4. The molecule has 2 amide bonds. The molecule has 0 bridgehead atoms. The summed E-state index contributed by atoms with van der Waals surface area (Å²) in [5.74, 6) is -1.71. The number of benzene rings is 3. The van der Waals surface area contributed by atoms with Crippen LogP contribution in [0.5, 0.6) is 0 Å². The van der Waals surface area contributed by atoms with E-state index in [4.69, 9.17) is 23.2 Å². The summed E-state index contributed by atoms with van der Waals surface area (Å²) >= 11 is 12.4. The van der Waals surface area contributed by atoms with Crippen molar-refractivity contribution in [3.63, 3.8) is 0 Å². The molecule has 0 saturated carbocycles. The first-order valence-electron chi connectivity index (χ1n) is 12.7. The van der Waals surface area contributed by atoms with Crippen molar-refractivity contribution in [3.8, 4) is 0 Å². The highest BCUT2D eigenvalue weighted by molar-refractivity contribution is 7.92. The summed E-state index contributed by atoms with van der Waals surface area (Å²) in [7, 11) is -4.03. The number of nitrogens with zero attached hydrogens (tertiary/aromatic N) is 2. The molecule has 0 unspecified atom stereocenters. The van der Waals surface area contributed by atoms with Gasteiger partial charge in [-0.25, -0.2) is 12.8 Å². The van der Waals surface area contributed by atoms with E-state index in [-0.39, 0.29) is 40.3 Å². The summed E-state index contributed by atoms with van der Waals surface area (Å²) in [5, 5.41) is 3.21. The van der Waals surface area contributed by atoms with Gasteiger partial charge in [-0.1, -0.05) is 78.7 Å². The quantitative estimate of drug-likeness (QED) is 0.296. The first kappa shape index (κ1) is 31.4. The van der Waals surface area contributed by atoms with Gasteiger partial charge >= 0.3 is 0 Å². The number of sulfonamides is 1. The largest absolute Gasteiger partial charge is 0.352 e. The van der Waals surface area contributed by atoms with Crippen LogP contribution in [0, 0.1) is 5.82 Å². The Morgan fingerprint density at radius 2 is 1.65 bits per heavy atom. The monoisotopic (exact) mass is 607 g/mol. The Morgan fingerprint density at radius 3 is 2.27 bits per heavy atom. The van der Waals surface area contributed by atoms with Gasteiger partial charge in [-0.15, -0.1) is 0 Å². The highest BCUT2D eigenvalue weighted by Crippen LogP contribution is 2.31. The molecule has 0 aliphatic heterocycles. The van der Waals surface area contributed by atoms with Crippen LogP contribution in [0.15, 0.2) is 72.8 Å². The molecule has 0 aliphatic carbocycles. The topological polar surface area (TPSA) is 86.8 Å². The van der Waals surface area contributed by atoms with E-state index in [9.17, 15) is 22.4 Å². The Hall–Kier alpha value is -3.14. The van der Waals surface area contributed by atoms with E-state index in [0.29, 0.717) is 6.42 Å². The fourth-order valence-electron chi connectivity index (χ4n) is 4.08. The maximum atomic E-state index is 14.8. The van der Waals surface area contributed by atoms with E-state index in [1.807, 2.05) is 44.2 Å². The lowest BCUT2D eigenvalue weighted by Crippen LogP contribution is -2.54. The van der Waals surface area contributed by atoms with E-state index in [1.54, 1.807) is 6.07 Å². The number of rotatable bonds is 12. The van der Waals surface area contributed by atoms with Gasteiger partial charge in [0.2, 0.25) is 21.8 Å². The second-order valence-electron chi connectivity index (χ2n) is 9.50. The number of anilines is 1. The zero-order chi connectivity index (χ0) is 29.4. The minimum absolute atomic E-state index is 0.0134. The highest BCUT2D eigenvalue weighted by Gasteiger charge is 2.34. The molecule has 2 atom stereocenters. The number of halogens is 3. The van der Waals surface area contributed by atoms with Crippen molar-refractivity contribution in [2.75, 3.05) is 17.1 Å². The van der Waals surface area contributed by atoms with Crippen LogP contribution >= 0.6 is 23.2 Å². The second kappa shape index (κ2) is 14.0. The molecule has 0 aromatic heterocycles. The molecular formula is C29H32Cl2FN3O4S. The summed E-state index contributed by atoms with van der Waals surface area (Å²) < 4.78 is 41.4. The lowest BCUT2D eigenvalue weighted by molar-refractivity contribution is -0.140. The van der Waals surface area contributed by atoms with Crippen LogP contribution in [-0.2, 0) is 32.6 Å². The predicted octanol–water partition coefficient (Wildman–Crippen LogP) is 5.45. The lowest BCUT2D eigenvalue weighted by atomic mass is 10.0. The number of hydrogen-bond donors (Lipinski definition) is 1. The summed E-state index contributed by atoms with van der Waals surface area (Å²) in [6.45, 7) is 2.80. The van der Waals surface area contributed by atoms with Gasteiger partial charge in [0.05, 0.1) is 17.0 Å². The third-order valence-corrected chi connectivity index (χ3v) is 8.11. The minimum atomic E-state index is -4.03. The first-order chi connectivity index (χ1) is 18.9. The van der Waals surface area contributed by atoms with Crippen molar-refractivity contribution >= 4 is 50.7 Å². The van der Waals surface area contributed by atoms with Gasteiger partial charge in [0.15, 0.2) is 0 Å². The SMILES string of the molecule is CC[C@H](C)NC(=O)[C@@H](Cc1ccccc1)N(Cc1ccccc1F)C(=O)CN(c1cc(Cl)ccc1Cl)S(C)(=O)=O. The normalized spacial score (nSPS) is 12.8. The smallest absolute Gasteiger partial charge is 0.244 e. The average Bonchev–Trinajstić information content (AvgIpc) is 2.91. The van der Waals surface area contributed by atoms with Crippen molar-refractivity contribution in [2.24, 2.45) is 0 Å². The van der Waals surface area contributed by atoms with Crippen molar-refractivity contribution in [1.29, 1.82) is 0 Å². The Morgan fingerprint density at radius 1 is 1.00 bits per heavy atom. The van der Waals surface area contributed by atoms with Crippen molar-refractivity contribution in [3.05, 3.63) is 99.8 Å². The Labute approximate surface area is 244 Å². The highest BCUT2D eigenvalue weighted by atomic mass is 35.5. The molecule has 3 rings (SSSR count). The fraction of sp³-hybridized carbons (Fsp3) is 0.310. The standard InChI is InChI=1S/C29H32Cl2FN3O4S/c1-4-20(2)33-29(37)27(16-21-10-6-5-7-11-21)34(18-22-12-8-9-13-25(22)32)28(36)19-35(40(3,38)39)26-17-23(30)14-15-24(26)31/h5-15,17,20,27H,4,16,18-19H2,1-3H3,(H,33,37)/t20-,27+/m0/s1. The van der Waals surface area contributed by atoms with Gasteiger partial charge in [-0.05, 0) is 43.2 Å². The van der Waals surface area contributed by atoms with Crippen LogP contribution in [0.2, 0.25) is 10.0 Å². The second-order valence-corrected chi connectivity index (χ2v) is 12.3. The minimum Gasteiger partial charge on any atom is -0.352 e. The molecule has 7 nitrogen and oxygen atoms in total. The van der Waals surface area contributed by atoms with Crippen LogP contribution < -0.4 is 9.62 Å². The molecular weight excluding hydrogens is 576 g/mol. The van der Waals surface area contributed by atoms with Crippen LogP contribution in [0.1, 0.15) is 31.4 Å². The predicted molar refractivity (Wildman–Crippen MR) is 157 cm³/mol. The van der Waals surface area contributed by atoms with Crippen molar-refractivity contribution in [2.45, 2.75) is 45.3 Å². The Kier molecular flexibility index (Phi) is 11.0. The van der Waals surface area contributed by atoms with Gasteiger partial charge in [0, 0.05) is 29.6 Å². The molecule has 11 heteroatoms. The molecule has 0 radical (unpaired) electrons. The molecule has 0 fully saturated rings. The Balaban J connectivity index is 2.10. The average molecular weight is 609 g/mol. The zero-order valence-electron chi connectivity index (χ0n) is 22.5. The van der Waals surface area contributed by atoms with E-state index < -0.39 is 40.2 Å². The van der Waals surface area contributed by atoms with Crippen LogP contribution in [0.25, 0.3) is 0 Å². The maximum Gasteiger partial charge on any atom is 0.244 e. The molecule has 0 heterocycles. The van der Waals surface area contributed by atoms with E-state index in [2.05, 4.69) is 5.32 Å². The van der Waals surface area contributed by atoms with Gasteiger partial charge in [0.25, 0.3) is 0 Å². The number of carbonyl (C=O) groups excluding carboxylic acids is 2. The summed E-state index contributed by atoms with van der Waals surface area (Å²) in [4.78, 5) is 28.9. The molecule has 3 aromatic rings. The van der Waals surface area contributed by atoms with Crippen LogP contribution in [-0.4, -0.2) is 50.0 Å². The number of nitrogens with one attached hydrogen (secondary N) is 1. The van der Waals surface area contributed by atoms with Crippen molar-refractivity contribution in [1.82, 2.24) is 10.2 Å². The molecule has 0 spiro atoms. The van der Waals surface area contributed by atoms with Gasteiger partial charge in [-0.3, -0.25) is 13.9 Å². The zero-order valence-corrected chi connectivity index (χ0v) is 24.8. The molecule has 214 valence electrons. The van der Waals surface area contributed by atoms with Crippen LogP contribution in [0.4, 0.5) is 10.1 Å². The molecule has 0 saturated heterocycles. The number of amides is 2. The summed E-state index contributed by atoms with van der Waals surface area (Å²) in [6.07, 6.45) is 1.72. The lowest BCUT2D eigenvalue weighted by Gasteiger charge is -2.34. The third kappa shape index (κ3) is 8.43. The van der Waals surface area contributed by atoms with E-state index in [1.165, 1.54) is 41.3 Å². The van der Waals surface area contributed by atoms with E-state index in [0.717, 1.165) is 16.1 Å². The van der Waals surface area contributed by atoms with Gasteiger partial charge < -0.3 is 10.2 Å². The van der Waals surface area contributed by atoms with Gasteiger partial charge in [0.1, 0.15) is 18.4 Å². The Bertz CT molecular complexity index is 1440. The maximum absolute atomic E-state index is 14.8. The summed E-state index contributed by atoms with van der Waals surface area (Å²) in [6, 6.07) is 18.0.